The number of benzene rings is 1. The van der Waals surface area contributed by atoms with Crippen LogP contribution in [0.5, 0.6) is 0 Å². The zero-order valence-electron chi connectivity index (χ0n) is 16.1. The predicted octanol–water partition coefficient (Wildman–Crippen LogP) is 1.68. The Morgan fingerprint density at radius 2 is 2.07 bits per heavy atom. The van der Waals surface area contributed by atoms with Crippen LogP contribution in [0, 0.1) is 17.6 Å². The van der Waals surface area contributed by atoms with Crippen LogP contribution in [0.4, 0.5) is 8.78 Å². The molecule has 0 saturated carbocycles. The van der Waals surface area contributed by atoms with Gasteiger partial charge in [-0.25, -0.2) is 13.5 Å². The van der Waals surface area contributed by atoms with E-state index in [-0.39, 0.29) is 24.3 Å². The minimum atomic E-state index is -0.927. The quantitative estimate of drug-likeness (QED) is 0.720. The first-order valence-corrected chi connectivity index (χ1v) is 9.70. The zero-order chi connectivity index (χ0) is 20.6. The van der Waals surface area contributed by atoms with E-state index in [2.05, 4.69) is 20.8 Å². The van der Waals surface area contributed by atoms with Crippen LogP contribution in [-0.4, -0.2) is 50.0 Å². The van der Waals surface area contributed by atoms with Crippen molar-refractivity contribution in [1.82, 2.24) is 30.4 Å². The molecule has 1 atom stereocenters. The fourth-order valence-corrected chi connectivity index (χ4v) is 3.45. The maximum Gasteiger partial charge on any atom is 0.224 e. The van der Waals surface area contributed by atoms with Gasteiger partial charge in [0.05, 0.1) is 6.54 Å². The van der Waals surface area contributed by atoms with Crippen molar-refractivity contribution in [2.75, 3.05) is 13.1 Å². The molecule has 10 heteroatoms. The van der Waals surface area contributed by atoms with E-state index < -0.39 is 11.6 Å². The van der Waals surface area contributed by atoms with Crippen LogP contribution in [0.1, 0.15) is 37.7 Å². The molecular formula is C19H24F2N6O2. The molecule has 1 aliphatic rings. The first kappa shape index (κ1) is 20.8. The lowest BCUT2D eigenvalue weighted by Crippen LogP contribution is -2.40. The van der Waals surface area contributed by atoms with Crippen LogP contribution >= 0.6 is 0 Å². The van der Waals surface area contributed by atoms with Crippen LogP contribution in [0.25, 0.3) is 0 Å². The number of rotatable bonds is 8. The first-order chi connectivity index (χ1) is 14.0. The molecule has 8 nitrogen and oxygen atoms in total. The summed E-state index contributed by atoms with van der Waals surface area (Å²) < 4.78 is 27.7. The second-order valence-corrected chi connectivity index (χ2v) is 7.23. The Morgan fingerprint density at radius 3 is 2.83 bits per heavy atom. The van der Waals surface area contributed by atoms with E-state index >= 15 is 0 Å². The number of nitrogens with zero attached hydrogens (tertiary/aromatic N) is 5. The lowest BCUT2D eigenvalue weighted by Gasteiger charge is -2.32. The summed E-state index contributed by atoms with van der Waals surface area (Å²) in [7, 11) is 0. The standard InChI is InChI=1S/C19H24F2N6O2/c20-16-5-3-15(10-17(16)21)11-22-18(28)6-4-14-2-1-8-26(12-14)19(29)7-9-27-13-23-24-25-27/h3,5,10,13-14H,1-2,4,6-9,11-12H2,(H,22,28). The first-order valence-electron chi connectivity index (χ1n) is 9.70. The van der Waals surface area contributed by atoms with Crippen molar-refractivity contribution in [2.45, 2.75) is 45.2 Å². The number of aromatic nitrogens is 4. The van der Waals surface area contributed by atoms with E-state index in [1.165, 1.54) is 17.1 Å². The molecule has 2 amide bonds. The highest BCUT2D eigenvalue weighted by atomic mass is 19.2. The number of aryl methyl sites for hydroxylation is 1. The normalized spacial score (nSPS) is 16.6. The number of likely N-dealkylation sites (tertiary alicyclic amines) is 1. The van der Waals surface area contributed by atoms with Gasteiger partial charge in [-0.15, -0.1) is 5.10 Å². The smallest absolute Gasteiger partial charge is 0.224 e. The van der Waals surface area contributed by atoms with Gasteiger partial charge in [0.2, 0.25) is 11.8 Å². The molecule has 1 aromatic carbocycles. The summed E-state index contributed by atoms with van der Waals surface area (Å²) in [5, 5.41) is 13.6. The Bertz CT molecular complexity index is 830. The van der Waals surface area contributed by atoms with Crippen LogP contribution in [0.3, 0.4) is 0 Å². The van der Waals surface area contributed by atoms with Gasteiger partial charge in [-0.05, 0) is 53.3 Å². The van der Waals surface area contributed by atoms with Gasteiger partial charge < -0.3 is 10.2 Å². The van der Waals surface area contributed by atoms with Gasteiger partial charge in [0.15, 0.2) is 11.6 Å². The molecule has 2 heterocycles. The predicted molar refractivity (Wildman–Crippen MR) is 99.2 cm³/mol. The van der Waals surface area contributed by atoms with E-state index in [1.54, 1.807) is 0 Å². The molecule has 0 bridgehead atoms. The molecule has 0 aliphatic carbocycles. The number of piperidine rings is 1. The van der Waals surface area contributed by atoms with Gasteiger partial charge in [-0.3, -0.25) is 9.59 Å². The van der Waals surface area contributed by atoms with Crippen molar-refractivity contribution < 1.29 is 18.4 Å². The fourth-order valence-electron chi connectivity index (χ4n) is 3.45. The summed E-state index contributed by atoms with van der Waals surface area (Å²) in [5.41, 5.74) is 0.509. The average Bonchev–Trinajstić information content (AvgIpc) is 3.25. The zero-order valence-corrected chi connectivity index (χ0v) is 16.1. The molecule has 0 spiro atoms. The summed E-state index contributed by atoms with van der Waals surface area (Å²) in [6, 6.07) is 3.57. The lowest BCUT2D eigenvalue weighted by atomic mass is 9.93. The van der Waals surface area contributed by atoms with Crippen LogP contribution in [-0.2, 0) is 22.7 Å². The summed E-state index contributed by atoms with van der Waals surface area (Å²) in [6.45, 7) is 1.97. The highest BCUT2D eigenvalue weighted by Gasteiger charge is 2.24. The highest BCUT2D eigenvalue weighted by molar-refractivity contribution is 5.76. The number of tetrazole rings is 1. The van der Waals surface area contributed by atoms with E-state index in [9.17, 15) is 18.4 Å². The molecule has 0 radical (unpaired) electrons. The minimum absolute atomic E-state index is 0.0630. The van der Waals surface area contributed by atoms with Crippen LogP contribution < -0.4 is 5.32 Å². The van der Waals surface area contributed by atoms with Crippen LogP contribution in [0.2, 0.25) is 0 Å². The molecule has 1 fully saturated rings. The summed E-state index contributed by atoms with van der Waals surface area (Å²) >= 11 is 0. The summed E-state index contributed by atoms with van der Waals surface area (Å²) in [6.07, 6.45) is 4.73. The molecule has 1 saturated heterocycles. The van der Waals surface area contributed by atoms with E-state index in [1.807, 2.05) is 4.90 Å². The third-order valence-corrected chi connectivity index (χ3v) is 5.07. The van der Waals surface area contributed by atoms with Crippen molar-refractivity contribution in [2.24, 2.45) is 5.92 Å². The van der Waals surface area contributed by atoms with E-state index in [4.69, 9.17) is 0 Å². The number of nitrogens with one attached hydrogen (secondary N) is 1. The van der Waals surface area contributed by atoms with E-state index in [0.29, 0.717) is 37.9 Å². The number of amides is 2. The Kier molecular flexibility index (Phi) is 7.20. The third kappa shape index (κ3) is 6.30. The van der Waals surface area contributed by atoms with Crippen molar-refractivity contribution in [1.29, 1.82) is 0 Å². The molecule has 1 N–H and O–H groups in total. The second-order valence-electron chi connectivity index (χ2n) is 7.23. The van der Waals surface area contributed by atoms with Crippen molar-refractivity contribution in [3.05, 3.63) is 41.7 Å². The van der Waals surface area contributed by atoms with Gasteiger partial charge in [-0.2, -0.15) is 0 Å². The Balaban J connectivity index is 1.37. The van der Waals surface area contributed by atoms with Gasteiger partial charge in [-0.1, -0.05) is 6.07 Å². The van der Waals surface area contributed by atoms with Gasteiger partial charge >= 0.3 is 0 Å². The van der Waals surface area contributed by atoms with Crippen molar-refractivity contribution >= 4 is 11.8 Å². The molecule has 29 heavy (non-hydrogen) atoms. The molecule has 2 aromatic rings. The Morgan fingerprint density at radius 1 is 1.21 bits per heavy atom. The fraction of sp³-hybridized carbons (Fsp3) is 0.526. The molecular weight excluding hydrogens is 382 g/mol. The maximum atomic E-state index is 13.2. The summed E-state index contributed by atoms with van der Waals surface area (Å²) in [4.78, 5) is 26.3. The minimum Gasteiger partial charge on any atom is -0.352 e. The summed E-state index contributed by atoms with van der Waals surface area (Å²) in [5.74, 6) is -1.64. The third-order valence-electron chi connectivity index (χ3n) is 5.07. The van der Waals surface area contributed by atoms with Gasteiger partial charge in [0.1, 0.15) is 6.33 Å². The lowest BCUT2D eigenvalue weighted by molar-refractivity contribution is -0.133. The number of halogens is 2. The Labute approximate surface area is 167 Å². The number of hydrogen-bond acceptors (Lipinski definition) is 5. The van der Waals surface area contributed by atoms with Crippen LogP contribution in [0.15, 0.2) is 24.5 Å². The number of carbonyl (C=O) groups excluding carboxylic acids is 2. The molecule has 1 aromatic heterocycles. The average molecular weight is 406 g/mol. The Hall–Kier alpha value is -2.91. The number of hydrogen-bond donors (Lipinski definition) is 1. The molecule has 1 unspecified atom stereocenters. The topological polar surface area (TPSA) is 93.0 Å². The van der Waals surface area contributed by atoms with Gasteiger partial charge in [0.25, 0.3) is 0 Å². The molecule has 1 aliphatic heterocycles. The molecule has 3 rings (SSSR count). The van der Waals surface area contributed by atoms with Gasteiger partial charge in [0, 0.05) is 32.5 Å². The van der Waals surface area contributed by atoms with Crippen molar-refractivity contribution in [3.63, 3.8) is 0 Å². The SMILES string of the molecule is O=C(CCC1CCCN(C(=O)CCn2cnnn2)C1)NCc1ccc(F)c(F)c1. The molecule has 156 valence electrons. The number of carbonyl (C=O) groups is 2. The highest BCUT2D eigenvalue weighted by Crippen LogP contribution is 2.21. The largest absolute Gasteiger partial charge is 0.352 e. The van der Waals surface area contributed by atoms with E-state index in [0.717, 1.165) is 31.5 Å². The second kappa shape index (κ2) is 10.0. The maximum absolute atomic E-state index is 13.2. The van der Waals surface area contributed by atoms with Crippen molar-refractivity contribution in [3.8, 4) is 0 Å². The monoisotopic (exact) mass is 406 g/mol.